The first-order valence-corrected chi connectivity index (χ1v) is 7.85. The number of non-ortho nitro benzene ring substituents is 1. The van der Waals surface area contributed by atoms with Crippen molar-refractivity contribution in [3.8, 4) is 0 Å². The van der Waals surface area contributed by atoms with E-state index in [2.05, 4.69) is 5.32 Å². The van der Waals surface area contributed by atoms with Gasteiger partial charge in [0.15, 0.2) is 0 Å². The number of aryl methyl sites for hydroxylation is 1. The molecule has 0 saturated heterocycles. The maximum absolute atomic E-state index is 13.1. The standard InChI is InChI=1S/C18H20F2N2O2/c19-13-17(12-15-5-9-18(10-6-15)22(23)24)21-11-1-2-14-3-7-16(20)8-4-14/h3-10,17,21H,1-2,11-13H2. The number of rotatable bonds is 9. The number of hydrogen-bond donors (Lipinski definition) is 1. The van der Waals surface area contributed by atoms with E-state index in [4.69, 9.17) is 0 Å². The van der Waals surface area contributed by atoms with Crippen molar-refractivity contribution in [2.45, 2.75) is 25.3 Å². The molecule has 0 aromatic heterocycles. The molecule has 1 unspecified atom stereocenters. The molecule has 4 nitrogen and oxygen atoms in total. The molecular weight excluding hydrogens is 314 g/mol. The Morgan fingerprint density at radius 3 is 2.25 bits per heavy atom. The normalized spacial score (nSPS) is 12.1. The van der Waals surface area contributed by atoms with Crippen molar-refractivity contribution in [3.63, 3.8) is 0 Å². The van der Waals surface area contributed by atoms with E-state index in [1.165, 1.54) is 24.3 Å². The Morgan fingerprint density at radius 1 is 1.04 bits per heavy atom. The topological polar surface area (TPSA) is 55.2 Å². The number of alkyl halides is 1. The molecule has 0 saturated carbocycles. The van der Waals surface area contributed by atoms with Crippen LogP contribution in [0.1, 0.15) is 17.5 Å². The van der Waals surface area contributed by atoms with Gasteiger partial charge in [-0.15, -0.1) is 0 Å². The highest BCUT2D eigenvalue weighted by Crippen LogP contribution is 2.13. The van der Waals surface area contributed by atoms with Gasteiger partial charge >= 0.3 is 0 Å². The minimum atomic E-state index is -0.506. The zero-order valence-corrected chi connectivity index (χ0v) is 13.3. The summed E-state index contributed by atoms with van der Waals surface area (Å²) in [6.45, 7) is 0.145. The fourth-order valence-corrected chi connectivity index (χ4v) is 2.47. The van der Waals surface area contributed by atoms with Gasteiger partial charge in [-0.1, -0.05) is 24.3 Å². The summed E-state index contributed by atoms with van der Waals surface area (Å²) in [4.78, 5) is 10.2. The quantitative estimate of drug-likeness (QED) is 0.431. The van der Waals surface area contributed by atoms with Gasteiger partial charge in [0.1, 0.15) is 12.5 Å². The first-order chi connectivity index (χ1) is 11.6. The van der Waals surface area contributed by atoms with Crippen LogP contribution < -0.4 is 5.32 Å². The smallest absolute Gasteiger partial charge is 0.269 e. The molecule has 24 heavy (non-hydrogen) atoms. The lowest BCUT2D eigenvalue weighted by Gasteiger charge is -2.15. The summed E-state index contributed by atoms with van der Waals surface area (Å²) >= 11 is 0. The third-order valence-electron chi connectivity index (χ3n) is 3.80. The van der Waals surface area contributed by atoms with Gasteiger partial charge in [0.2, 0.25) is 0 Å². The molecule has 0 aliphatic rings. The Kier molecular flexibility index (Phi) is 6.81. The van der Waals surface area contributed by atoms with E-state index in [1.54, 1.807) is 24.3 Å². The van der Waals surface area contributed by atoms with Gasteiger partial charge in [0.05, 0.1) is 4.92 Å². The molecule has 128 valence electrons. The molecule has 2 rings (SSSR count). The minimum absolute atomic E-state index is 0.0304. The molecular formula is C18H20F2N2O2. The van der Waals surface area contributed by atoms with Gasteiger partial charge in [-0.2, -0.15) is 0 Å². The number of benzene rings is 2. The molecule has 0 radical (unpaired) electrons. The van der Waals surface area contributed by atoms with E-state index < -0.39 is 11.6 Å². The van der Waals surface area contributed by atoms with Crippen LogP contribution in [0.5, 0.6) is 0 Å². The van der Waals surface area contributed by atoms with Crippen LogP contribution in [0.25, 0.3) is 0 Å². The molecule has 0 heterocycles. The Morgan fingerprint density at radius 2 is 1.67 bits per heavy atom. The molecule has 2 aromatic carbocycles. The number of nitrogens with one attached hydrogen (secondary N) is 1. The summed E-state index contributed by atoms with van der Waals surface area (Å²) in [5, 5.41) is 13.8. The summed E-state index contributed by atoms with van der Waals surface area (Å²) < 4.78 is 25.9. The molecule has 1 N–H and O–H groups in total. The van der Waals surface area contributed by atoms with Gasteiger partial charge < -0.3 is 5.32 Å². The second-order valence-corrected chi connectivity index (χ2v) is 5.66. The van der Waals surface area contributed by atoms with Crippen LogP contribution in [0, 0.1) is 15.9 Å². The van der Waals surface area contributed by atoms with Gasteiger partial charge in [-0.05, 0) is 49.1 Å². The molecule has 0 fully saturated rings. The van der Waals surface area contributed by atoms with Gasteiger partial charge in [-0.25, -0.2) is 8.78 Å². The van der Waals surface area contributed by atoms with Crippen LogP contribution in [0.3, 0.4) is 0 Å². The minimum Gasteiger partial charge on any atom is -0.311 e. The summed E-state index contributed by atoms with van der Waals surface area (Å²) in [6.07, 6.45) is 2.09. The van der Waals surface area contributed by atoms with Crippen molar-refractivity contribution in [3.05, 3.63) is 75.6 Å². The van der Waals surface area contributed by atoms with Crippen molar-refractivity contribution in [1.82, 2.24) is 5.32 Å². The molecule has 0 bridgehead atoms. The highest BCUT2D eigenvalue weighted by atomic mass is 19.1. The Hall–Kier alpha value is -2.34. The van der Waals surface area contributed by atoms with Crippen LogP contribution >= 0.6 is 0 Å². The van der Waals surface area contributed by atoms with Crippen molar-refractivity contribution in [1.29, 1.82) is 0 Å². The molecule has 0 aliphatic carbocycles. The van der Waals surface area contributed by atoms with E-state index in [9.17, 15) is 18.9 Å². The van der Waals surface area contributed by atoms with Gasteiger partial charge in [0, 0.05) is 18.2 Å². The van der Waals surface area contributed by atoms with Crippen LogP contribution in [-0.4, -0.2) is 24.2 Å². The lowest BCUT2D eigenvalue weighted by atomic mass is 10.1. The zero-order valence-electron chi connectivity index (χ0n) is 13.3. The Bertz CT molecular complexity index is 645. The highest BCUT2D eigenvalue weighted by molar-refractivity contribution is 5.33. The molecule has 0 amide bonds. The average molecular weight is 334 g/mol. The van der Waals surface area contributed by atoms with Crippen LogP contribution in [0.15, 0.2) is 48.5 Å². The fraction of sp³-hybridized carbons (Fsp3) is 0.333. The van der Waals surface area contributed by atoms with Crippen molar-refractivity contribution < 1.29 is 13.7 Å². The van der Waals surface area contributed by atoms with E-state index in [1.807, 2.05) is 0 Å². The molecule has 6 heteroatoms. The number of nitro groups is 1. The predicted octanol–water partition coefficient (Wildman–Crippen LogP) is 3.84. The number of halogens is 2. The van der Waals surface area contributed by atoms with E-state index in [0.29, 0.717) is 13.0 Å². The van der Waals surface area contributed by atoms with Crippen LogP contribution in [0.2, 0.25) is 0 Å². The SMILES string of the molecule is O=[N+]([O-])c1ccc(CC(CF)NCCCc2ccc(F)cc2)cc1. The molecule has 0 spiro atoms. The average Bonchev–Trinajstić information content (AvgIpc) is 2.59. The monoisotopic (exact) mass is 334 g/mol. The van der Waals surface area contributed by atoms with E-state index >= 15 is 0 Å². The largest absolute Gasteiger partial charge is 0.311 e. The van der Waals surface area contributed by atoms with E-state index in [0.717, 1.165) is 24.0 Å². The summed E-state index contributed by atoms with van der Waals surface area (Å²) in [6, 6.07) is 12.2. The highest BCUT2D eigenvalue weighted by Gasteiger charge is 2.10. The number of hydrogen-bond acceptors (Lipinski definition) is 3. The number of nitrogens with zero attached hydrogens (tertiary/aromatic N) is 1. The maximum Gasteiger partial charge on any atom is 0.269 e. The van der Waals surface area contributed by atoms with Crippen molar-refractivity contribution in [2.75, 3.05) is 13.2 Å². The lowest BCUT2D eigenvalue weighted by Crippen LogP contribution is -2.34. The maximum atomic E-state index is 13.1. The second-order valence-electron chi connectivity index (χ2n) is 5.66. The zero-order chi connectivity index (χ0) is 17.4. The number of nitro benzene ring substituents is 1. The third kappa shape index (κ3) is 5.70. The van der Waals surface area contributed by atoms with E-state index in [-0.39, 0.29) is 17.5 Å². The van der Waals surface area contributed by atoms with Gasteiger partial charge in [0.25, 0.3) is 5.69 Å². The molecule has 2 aromatic rings. The lowest BCUT2D eigenvalue weighted by molar-refractivity contribution is -0.384. The van der Waals surface area contributed by atoms with Crippen LogP contribution in [0.4, 0.5) is 14.5 Å². The van der Waals surface area contributed by atoms with Crippen molar-refractivity contribution >= 4 is 5.69 Å². The summed E-state index contributed by atoms with van der Waals surface area (Å²) in [5.41, 5.74) is 1.93. The summed E-state index contributed by atoms with van der Waals surface area (Å²) in [5.74, 6) is -0.252. The Labute approximate surface area is 139 Å². The predicted molar refractivity (Wildman–Crippen MR) is 89.3 cm³/mol. The molecule has 0 aliphatic heterocycles. The van der Waals surface area contributed by atoms with Crippen LogP contribution in [-0.2, 0) is 12.8 Å². The fourth-order valence-electron chi connectivity index (χ4n) is 2.47. The second kappa shape index (κ2) is 9.08. The first kappa shape index (κ1) is 18.0. The Balaban J connectivity index is 1.75. The third-order valence-corrected chi connectivity index (χ3v) is 3.80. The summed E-state index contributed by atoms with van der Waals surface area (Å²) in [7, 11) is 0. The molecule has 1 atom stereocenters. The first-order valence-electron chi connectivity index (χ1n) is 7.85. The van der Waals surface area contributed by atoms with Crippen molar-refractivity contribution in [2.24, 2.45) is 0 Å². The van der Waals surface area contributed by atoms with Gasteiger partial charge in [-0.3, -0.25) is 10.1 Å².